The Labute approximate surface area is 350 Å². The predicted octanol–water partition coefficient (Wildman–Crippen LogP) is 13.1. The Balaban J connectivity index is 1.20. The molecule has 7 aromatic carbocycles. The number of rotatable bonds is 3. The van der Waals surface area contributed by atoms with Crippen LogP contribution in [-0.2, 0) is 21.7 Å². The van der Waals surface area contributed by atoms with Crippen molar-refractivity contribution < 1.29 is 0 Å². The van der Waals surface area contributed by atoms with Gasteiger partial charge in [-0.15, -0.1) is 0 Å². The lowest BCUT2D eigenvalue weighted by molar-refractivity contribution is 0.590. The summed E-state index contributed by atoms with van der Waals surface area (Å²) < 4.78 is 2.62. The first kappa shape index (κ1) is 36.3. The molecular formula is C56H53BN2. The van der Waals surface area contributed by atoms with Crippen LogP contribution in [0.2, 0.25) is 0 Å². The van der Waals surface area contributed by atoms with Crippen molar-refractivity contribution in [1.29, 1.82) is 0 Å². The van der Waals surface area contributed by atoms with Gasteiger partial charge in [-0.2, -0.15) is 0 Å². The van der Waals surface area contributed by atoms with Crippen LogP contribution in [-0.4, -0.2) is 11.8 Å². The van der Waals surface area contributed by atoms with E-state index >= 15 is 0 Å². The fraction of sp³-hybridized carbons (Fsp3) is 0.250. The fourth-order valence-corrected chi connectivity index (χ4v) is 10.9. The Morgan fingerprint density at radius 3 is 1.73 bits per heavy atom. The maximum Gasteiger partial charge on any atom is 0.198 e. The zero-order valence-electron chi connectivity index (χ0n) is 36.3. The maximum atomic E-state index is 3.99. The molecule has 11 rings (SSSR count). The molecule has 1 aromatic heterocycles. The molecule has 2 aliphatic carbocycles. The number of aromatic nitrogens is 1. The summed E-state index contributed by atoms with van der Waals surface area (Å²) in [6, 6.07) is 49.3. The maximum absolute atomic E-state index is 3.99. The number of hydrogen-bond acceptors (Lipinski definition) is 1. The molecule has 8 aromatic rings. The van der Waals surface area contributed by atoms with Crippen molar-refractivity contribution in [2.24, 2.45) is 0 Å². The largest absolute Gasteiger partial charge is 0.355 e. The lowest BCUT2D eigenvalue weighted by Gasteiger charge is -2.27. The highest BCUT2D eigenvalue weighted by atomic mass is 15.0. The highest BCUT2D eigenvalue weighted by Gasteiger charge is 2.39. The monoisotopic (exact) mass is 764 g/mol. The van der Waals surface area contributed by atoms with Crippen LogP contribution in [0.15, 0.2) is 127 Å². The molecule has 0 saturated heterocycles. The van der Waals surface area contributed by atoms with E-state index in [1.54, 1.807) is 0 Å². The minimum Gasteiger partial charge on any atom is -0.355 e. The van der Waals surface area contributed by atoms with E-state index in [9.17, 15) is 0 Å². The second kappa shape index (κ2) is 11.9. The molecule has 1 N–H and O–H groups in total. The van der Waals surface area contributed by atoms with E-state index in [1.807, 2.05) is 0 Å². The Bertz CT molecular complexity index is 3100. The highest BCUT2D eigenvalue weighted by molar-refractivity contribution is 6.73. The molecule has 290 valence electrons. The lowest BCUT2D eigenvalue weighted by Crippen LogP contribution is -2.38. The topological polar surface area (TPSA) is 17.0 Å². The molecule has 0 radical (unpaired) electrons. The zero-order chi connectivity index (χ0) is 41.0. The van der Waals surface area contributed by atoms with Gasteiger partial charge in [-0.25, -0.2) is 0 Å². The number of hydrogen-bond donors (Lipinski definition) is 1. The summed E-state index contributed by atoms with van der Waals surface area (Å²) >= 11 is 0. The third-order valence-corrected chi connectivity index (χ3v) is 14.3. The average molecular weight is 765 g/mol. The third kappa shape index (κ3) is 5.13. The predicted molar refractivity (Wildman–Crippen MR) is 255 cm³/mol. The van der Waals surface area contributed by atoms with E-state index < -0.39 is 0 Å². The van der Waals surface area contributed by atoms with E-state index in [2.05, 4.69) is 207 Å². The van der Waals surface area contributed by atoms with Gasteiger partial charge in [0.15, 0.2) is 7.28 Å². The van der Waals surface area contributed by atoms with Crippen LogP contribution in [0.3, 0.4) is 0 Å². The number of benzene rings is 7. The lowest BCUT2D eigenvalue weighted by atomic mass is 9.58. The highest BCUT2D eigenvalue weighted by Crippen LogP contribution is 2.53. The van der Waals surface area contributed by atoms with Crippen molar-refractivity contribution in [3.8, 4) is 39.1 Å². The summed E-state index contributed by atoms with van der Waals surface area (Å²) in [6.45, 7) is 23.4. The van der Waals surface area contributed by atoms with Crippen LogP contribution in [0.5, 0.6) is 0 Å². The van der Waals surface area contributed by atoms with Crippen LogP contribution in [0.1, 0.15) is 103 Å². The van der Waals surface area contributed by atoms with Crippen molar-refractivity contribution in [2.75, 3.05) is 5.32 Å². The van der Waals surface area contributed by atoms with Gasteiger partial charge in [0.25, 0.3) is 0 Å². The molecule has 0 unspecified atom stereocenters. The van der Waals surface area contributed by atoms with E-state index in [0.29, 0.717) is 0 Å². The Kier molecular flexibility index (Phi) is 7.33. The fourth-order valence-electron chi connectivity index (χ4n) is 10.9. The van der Waals surface area contributed by atoms with Gasteiger partial charge in [0.2, 0.25) is 0 Å². The van der Waals surface area contributed by atoms with Crippen molar-refractivity contribution in [1.82, 2.24) is 4.57 Å². The van der Waals surface area contributed by atoms with E-state index in [1.165, 1.54) is 105 Å². The molecule has 59 heavy (non-hydrogen) atoms. The summed E-state index contributed by atoms with van der Waals surface area (Å²) in [6.07, 6.45) is 0. The first-order valence-electron chi connectivity index (χ1n) is 21.6. The molecule has 0 fully saturated rings. The van der Waals surface area contributed by atoms with Crippen LogP contribution in [0, 0.1) is 0 Å². The van der Waals surface area contributed by atoms with Gasteiger partial charge in [0.05, 0.1) is 5.52 Å². The minimum atomic E-state index is -0.123. The molecule has 2 nitrogen and oxygen atoms in total. The van der Waals surface area contributed by atoms with Gasteiger partial charge >= 0.3 is 0 Å². The molecule has 0 spiro atoms. The normalized spacial score (nSPS) is 15.4. The first-order valence-corrected chi connectivity index (χ1v) is 21.6. The van der Waals surface area contributed by atoms with Crippen molar-refractivity contribution in [2.45, 2.75) is 90.9 Å². The molecule has 0 saturated carbocycles. The Morgan fingerprint density at radius 2 is 1.08 bits per heavy atom. The van der Waals surface area contributed by atoms with E-state index in [0.717, 1.165) is 18.7 Å². The van der Waals surface area contributed by atoms with Gasteiger partial charge in [0.1, 0.15) is 0 Å². The molecule has 0 atom stereocenters. The number of nitrogens with zero attached hydrogens (tertiary/aromatic N) is 1. The molecule has 0 bridgehead atoms. The molecule has 3 aliphatic rings. The Morgan fingerprint density at radius 1 is 0.492 bits per heavy atom. The molecule has 1 aliphatic heterocycles. The van der Waals surface area contributed by atoms with Crippen LogP contribution < -0.4 is 16.2 Å². The SMILES string of the molecule is CC(C)(C)c1ccc(Nc2cc3c(cc2-c2ccc4c5cc6c(cc5n5c4c2Bc2cc(C(C)(C)C)ccc2-5)-c2ccccc2C6(C)C)C(C)(C)c2ccccc2-3)cc1. The first-order chi connectivity index (χ1) is 28.0. The van der Waals surface area contributed by atoms with Gasteiger partial charge in [0, 0.05) is 49.7 Å². The average Bonchev–Trinajstić information content (AvgIpc) is 3.73. The summed E-state index contributed by atoms with van der Waals surface area (Å²) in [5.41, 5.74) is 25.2. The van der Waals surface area contributed by atoms with Gasteiger partial charge in [-0.1, -0.05) is 160 Å². The third-order valence-electron chi connectivity index (χ3n) is 14.3. The van der Waals surface area contributed by atoms with Crippen LogP contribution >= 0.6 is 0 Å². The standard InChI is InChI=1S/C56H53BN2/c1-53(2,3)32-19-22-34(23-20-32)58-48-30-39-35-15-11-13-17-43(35)55(7,8)45(39)28-41(48)37-24-25-38-42-29-46-40(36-16-12-14-18-44(36)56(46,9)10)31-50(42)59-49-26-21-33(54(4,5)6)27-47(49)57-51(37)52(38)59/h11-31,57-58H,1-10H3. The van der Waals surface area contributed by atoms with Crippen LogP contribution in [0.4, 0.5) is 11.4 Å². The van der Waals surface area contributed by atoms with Crippen molar-refractivity contribution in [3.05, 3.63) is 161 Å². The number of nitrogens with one attached hydrogen (secondary N) is 1. The Hall–Kier alpha value is -5.80. The van der Waals surface area contributed by atoms with Gasteiger partial charge in [-0.05, 0) is 120 Å². The van der Waals surface area contributed by atoms with Gasteiger partial charge < -0.3 is 9.88 Å². The number of fused-ring (bicyclic) bond motifs is 11. The molecule has 0 amide bonds. The summed E-state index contributed by atoms with van der Waals surface area (Å²) in [7, 11) is 0.872. The summed E-state index contributed by atoms with van der Waals surface area (Å²) in [5.74, 6) is 0. The molecule has 2 heterocycles. The second-order valence-corrected chi connectivity index (χ2v) is 20.7. The molecule has 3 heteroatoms. The van der Waals surface area contributed by atoms with E-state index in [-0.39, 0.29) is 21.7 Å². The molecular weight excluding hydrogens is 711 g/mol. The summed E-state index contributed by atoms with van der Waals surface area (Å²) in [5, 5.41) is 6.66. The number of anilines is 2. The van der Waals surface area contributed by atoms with E-state index in [4.69, 9.17) is 0 Å². The zero-order valence-corrected chi connectivity index (χ0v) is 36.3. The smallest absolute Gasteiger partial charge is 0.198 e. The second-order valence-electron chi connectivity index (χ2n) is 20.7. The van der Waals surface area contributed by atoms with Crippen molar-refractivity contribution >= 4 is 51.4 Å². The quantitative estimate of drug-likeness (QED) is 0.177. The van der Waals surface area contributed by atoms with Crippen LogP contribution in [0.25, 0.3) is 60.9 Å². The van der Waals surface area contributed by atoms with Crippen molar-refractivity contribution in [3.63, 3.8) is 0 Å². The van der Waals surface area contributed by atoms with Gasteiger partial charge in [-0.3, -0.25) is 0 Å². The minimum absolute atomic E-state index is 0.0409. The summed E-state index contributed by atoms with van der Waals surface area (Å²) in [4.78, 5) is 0.